The monoisotopic (exact) mass is 530 g/mol. The predicted octanol–water partition coefficient (Wildman–Crippen LogP) is 3.43. The lowest BCUT2D eigenvalue weighted by atomic mass is 10.1. The van der Waals surface area contributed by atoms with Crippen molar-refractivity contribution in [3.8, 4) is 0 Å². The molecule has 9 heteroatoms. The summed E-state index contributed by atoms with van der Waals surface area (Å²) in [5.74, 6) is -1.88. The second-order valence-electron chi connectivity index (χ2n) is 9.56. The Morgan fingerprint density at radius 2 is 1.36 bits per heavy atom. The molecule has 0 atom stereocenters. The molecule has 0 unspecified atom stereocenters. The number of amides is 1. The number of aryl methyl sites for hydroxylation is 1. The molecule has 200 valence electrons. The molecule has 1 saturated heterocycles. The van der Waals surface area contributed by atoms with Crippen molar-refractivity contribution in [2.75, 3.05) is 24.5 Å². The van der Waals surface area contributed by atoms with Gasteiger partial charge >= 0.3 is 5.69 Å². The van der Waals surface area contributed by atoms with Crippen LogP contribution in [0, 0.1) is 11.6 Å². The predicted molar refractivity (Wildman–Crippen MR) is 145 cm³/mol. The molecule has 1 fully saturated rings. The molecular formula is C30H28F2N4O3. The molecule has 2 heterocycles. The molecular weight excluding hydrogens is 502 g/mol. The van der Waals surface area contributed by atoms with E-state index in [2.05, 4.69) is 0 Å². The molecule has 1 aliphatic rings. The van der Waals surface area contributed by atoms with Crippen LogP contribution < -0.4 is 16.1 Å². The number of halogens is 2. The number of nitrogens with zero attached hydrogens (tertiary/aromatic N) is 4. The zero-order chi connectivity index (χ0) is 27.4. The summed E-state index contributed by atoms with van der Waals surface area (Å²) >= 11 is 0. The summed E-state index contributed by atoms with van der Waals surface area (Å²) in [4.78, 5) is 43.5. The third-order valence-corrected chi connectivity index (χ3v) is 6.92. The Morgan fingerprint density at radius 1 is 0.718 bits per heavy atom. The maximum Gasteiger partial charge on any atom is 0.331 e. The number of anilines is 1. The Kier molecular flexibility index (Phi) is 7.79. The summed E-state index contributed by atoms with van der Waals surface area (Å²) in [6.45, 7) is 1.08. The molecule has 39 heavy (non-hydrogen) atoms. The first-order chi connectivity index (χ1) is 18.9. The number of hydrogen-bond acceptors (Lipinski definition) is 4. The molecule has 1 amide bonds. The highest BCUT2D eigenvalue weighted by Crippen LogP contribution is 2.17. The minimum atomic E-state index is -0.795. The fourth-order valence-electron chi connectivity index (χ4n) is 4.83. The maximum atomic E-state index is 14.5. The minimum Gasteiger partial charge on any atom is -0.304 e. The fraction of sp³-hybridized carbons (Fsp3) is 0.233. The maximum absolute atomic E-state index is 14.5. The first-order valence-corrected chi connectivity index (χ1v) is 12.8. The normalized spacial score (nSPS) is 14.1. The average Bonchev–Trinajstić information content (AvgIpc) is 2.93. The highest BCUT2D eigenvalue weighted by Gasteiger charge is 2.28. The van der Waals surface area contributed by atoms with Gasteiger partial charge in [-0.1, -0.05) is 66.7 Å². The van der Waals surface area contributed by atoms with Gasteiger partial charge in [-0.2, -0.15) is 0 Å². The highest BCUT2D eigenvalue weighted by molar-refractivity contribution is 5.95. The van der Waals surface area contributed by atoms with Crippen molar-refractivity contribution < 1.29 is 13.6 Å². The van der Waals surface area contributed by atoms with Gasteiger partial charge in [0, 0.05) is 37.9 Å². The number of benzene rings is 3. The van der Waals surface area contributed by atoms with Crippen LogP contribution >= 0.6 is 0 Å². The van der Waals surface area contributed by atoms with Crippen LogP contribution in [-0.2, 0) is 30.8 Å². The summed E-state index contributed by atoms with van der Waals surface area (Å²) in [5, 5.41) is 0. The Labute approximate surface area is 224 Å². The van der Waals surface area contributed by atoms with E-state index in [0.717, 1.165) is 32.4 Å². The molecule has 0 saturated carbocycles. The summed E-state index contributed by atoms with van der Waals surface area (Å²) in [5.41, 5.74) is 0.416. The summed E-state index contributed by atoms with van der Waals surface area (Å²) in [7, 11) is 0. The standard InChI is InChI=1S/C30H28F2N4O3/c31-25-12-7-13-26(32)24(25)19-34-20-27(29(38)36(30(34)39)15-14-22-8-3-1-4-9-22)35-17-16-33(21-28(35)37)18-23-10-5-2-6-11-23/h1-13,20H,14-19,21H2. The van der Waals surface area contributed by atoms with Crippen LogP contribution in [0.2, 0.25) is 0 Å². The second-order valence-corrected chi connectivity index (χ2v) is 9.56. The highest BCUT2D eigenvalue weighted by atomic mass is 19.1. The van der Waals surface area contributed by atoms with Crippen LogP contribution in [0.4, 0.5) is 14.5 Å². The van der Waals surface area contributed by atoms with E-state index in [-0.39, 0.29) is 36.8 Å². The third-order valence-electron chi connectivity index (χ3n) is 6.92. The molecule has 1 aromatic heterocycles. The molecule has 4 aromatic rings. The Balaban J connectivity index is 1.48. The fourth-order valence-corrected chi connectivity index (χ4v) is 4.83. The van der Waals surface area contributed by atoms with Crippen molar-refractivity contribution in [1.29, 1.82) is 0 Å². The molecule has 3 aromatic carbocycles. The van der Waals surface area contributed by atoms with E-state index >= 15 is 0 Å². The largest absolute Gasteiger partial charge is 0.331 e. The molecule has 1 aliphatic heterocycles. The van der Waals surface area contributed by atoms with Gasteiger partial charge in [-0.25, -0.2) is 13.6 Å². The lowest BCUT2D eigenvalue weighted by Gasteiger charge is -2.34. The first kappa shape index (κ1) is 26.2. The van der Waals surface area contributed by atoms with E-state index in [1.165, 1.54) is 17.2 Å². The SMILES string of the molecule is O=C1CN(Cc2ccccc2)CCN1c1cn(Cc2c(F)cccc2F)c(=O)n(CCc2ccccc2)c1=O. The van der Waals surface area contributed by atoms with E-state index in [9.17, 15) is 23.2 Å². The molecule has 0 bridgehead atoms. The summed E-state index contributed by atoms with van der Waals surface area (Å²) in [6.07, 6.45) is 1.65. The van der Waals surface area contributed by atoms with E-state index in [1.54, 1.807) is 0 Å². The van der Waals surface area contributed by atoms with Crippen LogP contribution in [0.25, 0.3) is 0 Å². The molecule has 0 spiro atoms. The average molecular weight is 531 g/mol. The topological polar surface area (TPSA) is 67.6 Å². The lowest BCUT2D eigenvalue weighted by molar-refractivity contribution is -0.121. The van der Waals surface area contributed by atoms with Crippen molar-refractivity contribution in [2.45, 2.75) is 26.1 Å². The van der Waals surface area contributed by atoms with Gasteiger partial charge in [0.25, 0.3) is 5.56 Å². The zero-order valence-corrected chi connectivity index (χ0v) is 21.3. The van der Waals surface area contributed by atoms with Crippen LogP contribution in [0.3, 0.4) is 0 Å². The van der Waals surface area contributed by atoms with Gasteiger partial charge in [-0.15, -0.1) is 0 Å². The quantitative estimate of drug-likeness (QED) is 0.350. The summed E-state index contributed by atoms with van der Waals surface area (Å²) < 4.78 is 31.1. The molecule has 7 nitrogen and oxygen atoms in total. The first-order valence-electron chi connectivity index (χ1n) is 12.8. The van der Waals surface area contributed by atoms with Crippen molar-refractivity contribution >= 4 is 11.6 Å². The van der Waals surface area contributed by atoms with Gasteiger partial charge in [0.15, 0.2) is 0 Å². The lowest BCUT2D eigenvalue weighted by Crippen LogP contribution is -2.53. The Hall–Kier alpha value is -4.37. The minimum absolute atomic E-state index is 0.0174. The van der Waals surface area contributed by atoms with Crippen LogP contribution in [0.15, 0.2) is 94.6 Å². The number of carbonyl (C=O) groups excluding carboxylic acids is 1. The zero-order valence-electron chi connectivity index (χ0n) is 21.3. The van der Waals surface area contributed by atoms with Crippen LogP contribution in [0.1, 0.15) is 16.7 Å². The number of rotatable bonds is 8. The van der Waals surface area contributed by atoms with Crippen LogP contribution in [0.5, 0.6) is 0 Å². The van der Waals surface area contributed by atoms with Gasteiger partial charge in [0.2, 0.25) is 5.91 Å². The van der Waals surface area contributed by atoms with Gasteiger partial charge in [-0.3, -0.25) is 23.6 Å². The van der Waals surface area contributed by atoms with Crippen molar-refractivity contribution in [3.05, 3.63) is 134 Å². The smallest absolute Gasteiger partial charge is 0.304 e. The van der Waals surface area contributed by atoms with Crippen LogP contribution in [-0.4, -0.2) is 39.6 Å². The van der Waals surface area contributed by atoms with E-state index in [0.29, 0.717) is 19.5 Å². The van der Waals surface area contributed by atoms with E-state index < -0.39 is 29.4 Å². The number of piperazine rings is 1. The summed E-state index contributed by atoms with van der Waals surface area (Å²) in [6, 6.07) is 22.6. The Morgan fingerprint density at radius 3 is 2.00 bits per heavy atom. The van der Waals surface area contributed by atoms with E-state index in [1.807, 2.05) is 65.6 Å². The van der Waals surface area contributed by atoms with Gasteiger partial charge in [0.1, 0.15) is 17.3 Å². The van der Waals surface area contributed by atoms with Gasteiger partial charge < -0.3 is 4.90 Å². The second kappa shape index (κ2) is 11.6. The Bertz CT molecular complexity index is 1570. The van der Waals surface area contributed by atoms with E-state index in [4.69, 9.17) is 0 Å². The van der Waals surface area contributed by atoms with Gasteiger partial charge in [-0.05, 0) is 29.7 Å². The third kappa shape index (κ3) is 5.88. The number of hydrogen-bond donors (Lipinski definition) is 0. The van der Waals surface area contributed by atoms with Crippen molar-refractivity contribution in [2.24, 2.45) is 0 Å². The number of carbonyl (C=O) groups is 1. The molecule has 0 N–H and O–H groups in total. The molecule has 0 radical (unpaired) electrons. The molecule has 0 aliphatic carbocycles. The van der Waals surface area contributed by atoms with Gasteiger partial charge in [0.05, 0.1) is 13.1 Å². The van der Waals surface area contributed by atoms with Crippen molar-refractivity contribution in [1.82, 2.24) is 14.0 Å². The number of aromatic nitrogens is 2. The molecule has 5 rings (SSSR count). The van der Waals surface area contributed by atoms with Crippen molar-refractivity contribution in [3.63, 3.8) is 0 Å².